The molecule has 4 aliphatic carbocycles. The molecule has 2 fully saturated rings. The predicted molar refractivity (Wildman–Crippen MR) is 222 cm³/mol. The van der Waals surface area contributed by atoms with E-state index in [1.54, 1.807) is 26.8 Å². The minimum absolute atomic E-state index is 0.00882. The molecule has 0 aromatic heterocycles. The first kappa shape index (κ1) is 45.9. The van der Waals surface area contributed by atoms with Crippen molar-refractivity contribution in [3.05, 3.63) is 47.8 Å². The second-order valence-electron chi connectivity index (χ2n) is 19.5. The Bertz CT molecular complexity index is 1580. The number of hydrogen-bond donors (Lipinski definition) is 2. The van der Waals surface area contributed by atoms with Crippen LogP contribution in [-0.4, -0.2) is 57.4 Å². The van der Waals surface area contributed by atoms with Crippen LogP contribution in [0.2, 0.25) is 0 Å². The highest BCUT2D eigenvalue weighted by Gasteiger charge is 2.74. The Morgan fingerprint density at radius 3 is 2.09 bits per heavy atom. The van der Waals surface area contributed by atoms with Gasteiger partial charge in [0.15, 0.2) is 11.5 Å². The van der Waals surface area contributed by atoms with Gasteiger partial charge >= 0.3 is 5.97 Å². The molecular weight excluding hydrogens is 705 g/mol. The average Bonchev–Trinajstić information content (AvgIpc) is 3.34. The van der Waals surface area contributed by atoms with Crippen LogP contribution in [-0.2, 0) is 28.7 Å². The third kappa shape index (κ3) is 9.07. The lowest BCUT2D eigenvalue weighted by atomic mass is 9.39. The molecule has 2 unspecified atom stereocenters. The maximum absolute atomic E-state index is 14.8. The number of rotatable bonds is 20. The van der Waals surface area contributed by atoms with E-state index < -0.39 is 62.6 Å². The summed E-state index contributed by atoms with van der Waals surface area (Å²) in [6.07, 6.45) is 26.1. The van der Waals surface area contributed by atoms with Crippen LogP contribution in [0.1, 0.15) is 166 Å². The minimum Gasteiger partial charge on any atom is -0.505 e. The molecule has 0 spiro atoms. The first-order chi connectivity index (χ1) is 26.1. The number of aliphatic hydroxyl groups excluding tert-OH is 1. The van der Waals surface area contributed by atoms with Crippen LogP contribution in [0.5, 0.6) is 0 Å². The van der Waals surface area contributed by atoms with Crippen molar-refractivity contribution in [1.82, 2.24) is 0 Å². The van der Waals surface area contributed by atoms with Crippen LogP contribution in [0, 0.1) is 39.4 Å². The van der Waals surface area contributed by atoms with Crippen LogP contribution < -0.4 is 0 Å². The zero-order chi connectivity index (χ0) is 41.7. The molecular formula is C48H74O8. The molecule has 0 bridgehead atoms. The number of allylic oxidation sites excluding steroid dienone is 6. The molecule has 0 radical (unpaired) electrons. The van der Waals surface area contributed by atoms with Gasteiger partial charge in [-0.2, -0.15) is 0 Å². The van der Waals surface area contributed by atoms with Gasteiger partial charge in [-0.25, -0.2) is 0 Å². The molecule has 314 valence electrons. The Kier molecular flexibility index (Phi) is 14.7. The van der Waals surface area contributed by atoms with Crippen LogP contribution in [0.25, 0.3) is 0 Å². The van der Waals surface area contributed by atoms with E-state index in [4.69, 9.17) is 9.47 Å². The third-order valence-corrected chi connectivity index (χ3v) is 14.6. The molecule has 8 heteroatoms. The molecule has 0 aromatic carbocycles. The summed E-state index contributed by atoms with van der Waals surface area (Å²) < 4.78 is 12.1. The average molecular weight is 779 g/mol. The summed E-state index contributed by atoms with van der Waals surface area (Å²) in [4.78, 5) is 53.8. The van der Waals surface area contributed by atoms with E-state index in [0.29, 0.717) is 19.4 Å². The molecule has 2 N–H and O–H groups in total. The van der Waals surface area contributed by atoms with Crippen LogP contribution in [0.3, 0.4) is 0 Å². The number of carbonyl (C=O) groups is 4. The third-order valence-electron chi connectivity index (χ3n) is 14.6. The van der Waals surface area contributed by atoms with Gasteiger partial charge in [-0.3, -0.25) is 19.2 Å². The van der Waals surface area contributed by atoms with Crippen molar-refractivity contribution in [2.75, 3.05) is 6.61 Å². The lowest BCUT2D eigenvalue weighted by Gasteiger charge is -2.63. The SMILES string of the molecule is CCCCCCC/C=C\CCCCCCCO[C@@H]1C[C@@]2(C)[C@@H]3CC=C4[C@@H](C=C(O)C(=O)C4(C)C)[C@]3(C)C(=O)C[C@]2(C)C1C(C)(O)C(=O)/C=C/C(C)(C)OC(C)=O. The fourth-order valence-electron chi connectivity index (χ4n) is 11.3. The van der Waals surface area contributed by atoms with E-state index in [9.17, 15) is 29.4 Å². The molecule has 4 rings (SSSR count). The van der Waals surface area contributed by atoms with Crippen molar-refractivity contribution in [2.24, 2.45) is 39.4 Å². The number of unbranched alkanes of at least 4 members (excludes halogenated alkanes) is 10. The summed E-state index contributed by atoms with van der Waals surface area (Å²) in [6, 6.07) is 0. The predicted octanol–water partition coefficient (Wildman–Crippen LogP) is 10.5. The largest absolute Gasteiger partial charge is 0.505 e. The van der Waals surface area contributed by atoms with Crippen LogP contribution >= 0.6 is 0 Å². The second-order valence-corrected chi connectivity index (χ2v) is 19.5. The van der Waals surface area contributed by atoms with E-state index in [1.807, 2.05) is 20.8 Å². The Labute approximate surface area is 338 Å². The highest BCUT2D eigenvalue weighted by Crippen LogP contribution is 2.74. The number of fused-ring (bicyclic) bond motifs is 5. The summed E-state index contributed by atoms with van der Waals surface area (Å²) >= 11 is 0. The number of aliphatic hydroxyl groups is 2. The van der Waals surface area contributed by atoms with Crippen molar-refractivity contribution in [1.29, 1.82) is 0 Å². The molecule has 56 heavy (non-hydrogen) atoms. The summed E-state index contributed by atoms with van der Waals surface area (Å²) in [5.41, 5.74) is -5.29. The van der Waals surface area contributed by atoms with Gasteiger partial charge in [-0.05, 0) is 115 Å². The molecule has 0 aromatic rings. The van der Waals surface area contributed by atoms with Gasteiger partial charge in [0.2, 0.25) is 5.78 Å². The Morgan fingerprint density at radius 1 is 0.893 bits per heavy atom. The highest BCUT2D eigenvalue weighted by molar-refractivity contribution is 6.02. The fraction of sp³-hybridized carbons (Fsp3) is 0.750. The lowest BCUT2D eigenvalue weighted by molar-refractivity contribution is -0.180. The van der Waals surface area contributed by atoms with Gasteiger partial charge in [0.1, 0.15) is 17.0 Å². The summed E-state index contributed by atoms with van der Waals surface area (Å²) in [6.45, 7) is 18.8. The summed E-state index contributed by atoms with van der Waals surface area (Å²) in [5, 5.41) is 23.3. The van der Waals surface area contributed by atoms with Crippen molar-refractivity contribution in [3.8, 4) is 0 Å². The van der Waals surface area contributed by atoms with E-state index in [2.05, 4.69) is 39.0 Å². The number of ether oxygens (including phenoxy) is 2. The van der Waals surface area contributed by atoms with Gasteiger partial charge in [0, 0.05) is 37.2 Å². The number of esters is 1. The Hall–Kier alpha value is -2.84. The second kappa shape index (κ2) is 18.0. The van der Waals surface area contributed by atoms with Gasteiger partial charge < -0.3 is 19.7 Å². The quantitative estimate of drug-likeness (QED) is 0.0541. The van der Waals surface area contributed by atoms with Gasteiger partial charge in [0.05, 0.1) is 11.5 Å². The summed E-state index contributed by atoms with van der Waals surface area (Å²) in [5.74, 6) is -2.98. The standard InChI is InChI=1S/C48H74O8/c1-11-12-13-14-15-16-17-18-19-20-21-22-23-24-29-55-37-31-45(7)38-26-25-34-35(30-36(50)42(53)44(34,5)6)47(38,9)40(52)32-46(45,8)41(37)48(10,54)39(51)27-28-43(3,4)56-33(2)49/h17-18,25,27-28,30,35,37-38,41,50,54H,11-16,19-24,26,29,31-32H2,1-10H3/b18-17-,28-27+/t35-,37-,38+,41?,45+,46-,47+,48?/m1/s1. The van der Waals surface area contributed by atoms with Crippen molar-refractivity contribution < 1.29 is 38.9 Å². The Balaban J connectivity index is 1.54. The smallest absolute Gasteiger partial charge is 0.303 e. The molecule has 8 nitrogen and oxygen atoms in total. The minimum atomic E-state index is -1.90. The number of carbonyl (C=O) groups excluding carboxylic acids is 4. The molecule has 0 heterocycles. The van der Waals surface area contributed by atoms with Crippen LogP contribution in [0.4, 0.5) is 0 Å². The summed E-state index contributed by atoms with van der Waals surface area (Å²) in [7, 11) is 0. The van der Waals surface area contributed by atoms with Crippen molar-refractivity contribution in [2.45, 2.75) is 183 Å². The number of ketones is 3. The maximum atomic E-state index is 14.8. The van der Waals surface area contributed by atoms with E-state index in [0.717, 1.165) is 37.7 Å². The highest BCUT2D eigenvalue weighted by atomic mass is 16.6. The lowest BCUT2D eigenvalue weighted by Crippen LogP contribution is -2.64. The molecule has 0 saturated heterocycles. The van der Waals surface area contributed by atoms with Crippen molar-refractivity contribution in [3.63, 3.8) is 0 Å². The molecule has 4 aliphatic rings. The van der Waals surface area contributed by atoms with Gasteiger partial charge in [-0.1, -0.05) is 96.4 Å². The van der Waals surface area contributed by atoms with E-state index in [1.165, 1.54) is 64.0 Å². The van der Waals surface area contributed by atoms with E-state index >= 15 is 0 Å². The fourth-order valence-corrected chi connectivity index (χ4v) is 11.3. The topological polar surface area (TPSA) is 127 Å². The zero-order valence-electron chi connectivity index (χ0n) is 36.4. The normalized spacial score (nSPS) is 32.4. The number of Topliss-reactive ketones (excluding diaryl/α,β-unsaturated/α-hetero) is 2. The monoisotopic (exact) mass is 779 g/mol. The number of hydrogen-bond acceptors (Lipinski definition) is 8. The zero-order valence-corrected chi connectivity index (χ0v) is 36.4. The van der Waals surface area contributed by atoms with E-state index in [-0.39, 0.29) is 29.7 Å². The first-order valence-electron chi connectivity index (χ1n) is 21.7. The van der Waals surface area contributed by atoms with Crippen LogP contribution in [0.15, 0.2) is 47.8 Å². The molecule has 2 saturated carbocycles. The molecule has 0 amide bonds. The molecule has 0 aliphatic heterocycles. The van der Waals surface area contributed by atoms with Crippen molar-refractivity contribution >= 4 is 23.3 Å². The van der Waals surface area contributed by atoms with Gasteiger partial charge in [-0.15, -0.1) is 0 Å². The maximum Gasteiger partial charge on any atom is 0.303 e. The Morgan fingerprint density at radius 2 is 1.48 bits per heavy atom. The first-order valence-corrected chi connectivity index (χ1v) is 21.7. The van der Waals surface area contributed by atoms with Gasteiger partial charge in [0.25, 0.3) is 0 Å². The molecule has 8 atom stereocenters.